The van der Waals surface area contributed by atoms with Crippen molar-refractivity contribution in [1.29, 1.82) is 0 Å². The van der Waals surface area contributed by atoms with Crippen molar-refractivity contribution in [3.63, 3.8) is 0 Å². The number of rotatable bonds is 6. The highest BCUT2D eigenvalue weighted by Crippen LogP contribution is 2.28. The van der Waals surface area contributed by atoms with Gasteiger partial charge in [0.05, 0.1) is 0 Å². The molecule has 0 bridgehead atoms. The lowest BCUT2D eigenvalue weighted by Gasteiger charge is -2.27. The Morgan fingerprint density at radius 2 is 2.25 bits per heavy atom. The fourth-order valence-corrected chi connectivity index (χ4v) is 3.66. The molecule has 0 aromatic carbocycles. The first-order valence-electron chi connectivity index (χ1n) is 8.61. The molecule has 2 heterocycles. The zero-order valence-corrected chi connectivity index (χ0v) is 17.4. The summed E-state index contributed by atoms with van der Waals surface area (Å²) in [5, 5.41) is 8.65. The molecule has 1 saturated carbocycles. The van der Waals surface area contributed by atoms with Crippen LogP contribution in [0.3, 0.4) is 0 Å². The maximum absolute atomic E-state index is 12.4. The second-order valence-corrected chi connectivity index (χ2v) is 7.27. The molecule has 1 aromatic rings. The number of guanidine groups is 1. The van der Waals surface area contributed by atoms with E-state index < -0.39 is 0 Å². The number of aliphatic imine (C=N–C) groups is 1. The molecule has 1 aliphatic heterocycles. The van der Waals surface area contributed by atoms with E-state index in [1.165, 1.54) is 23.3 Å². The van der Waals surface area contributed by atoms with Gasteiger partial charge in [0.15, 0.2) is 5.96 Å². The summed E-state index contributed by atoms with van der Waals surface area (Å²) in [5.74, 6) is 1.85. The quantitative estimate of drug-likeness (QED) is 0.388. The minimum atomic E-state index is 0. The molecule has 1 aliphatic carbocycles. The van der Waals surface area contributed by atoms with Crippen LogP contribution in [0.15, 0.2) is 16.4 Å². The zero-order chi connectivity index (χ0) is 16.1. The van der Waals surface area contributed by atoms with E-state index in [-0.39, 0.29) is 29.9 Å². The van der Waals surface area contributed by atoms with Gasteiger partial charge >= 0.3 is 0 Å². The van der Waals surface area contributed by atoms with E-state index in [9.17, 15) is 4.79 Å². The summed E-state index contributed by atoms with van der Waals surface area (Å²) < 4.78 is 0. The van der Waals surface area contributed by atoms with Gasteiger partial charge in [-0.25, -0.2) is 0 Å². The summed E-state index contributed by atoms with van der Waals surface area (Å²) >= 11 is 1.80. The van der Waals surface area contributed by atoms with Crippen LogP contribution >= 0.6 is 35.3 Å². The molecule has 2 N–H and O–H groups in total. The number of nitrogens with one attached hydrogen (secondary N) is 2. The van der Waals surface area contributed by atoms with Gasteiger partial charge in [-0.15, -0.1) is 35.3 Å². The molecule has 7 heteroatoms. The standard InChI is InChI=1S/C17H26N4OS.HI/c1-2-18-17(20-11-13-3-4-13)19-8-5-16(22)21-9-6-15-14(12-21)7-10-23-15;/h7,10,13H,2-6,8-9,11-12H2,1H3,(H2,18,19,20);1H. The fourth-order valence-electron chi connectivity index (χ4n) is 2.77. The van der Waals surface area contributed by atoms with Gasteiger partial charge in [0.2, 0.25) is 5.91 Å². The number of carbonyl (C=O) groups excluding carboxylic acids is 1. The highest BCUT2D eigenvalue weighted by Gasteiger charge is 2.22. The predicted octanol–water partition coefficient (Wildman–Crippen LogP) is 2.61. The number of halogens is 1. The second-order valence-electron chi connectivity index (χ2n) is 6.27. The number of carbonyl (C=O) groups is 1. The van der Waals surface area contributed by atoms with E-state index in [0.717, 1.165) is 44.5 Å². The van der Waals surface area contributed by atoms with Gasteiger partial charge in [-0.2, -0.15) is 0 Å². The third kappa shape index (κ3) is 5.61. The molecule has 0 spiro atoms. The molecule has 0 unspecified atom stereocenters. The molecule has 1 aromatic heterocycles. The molecule has 0 saturated heterocycles. The van der Waals surface area contributed by atoms with Gasteiger partial charge in [0.25, 0.3) is 0 Å². The van der Waals surface area contributed by atoms with Crippen LogP contribution in [-0.4, -0.2) is 42.9 Å². The zero-order valence-electron chi connectivity index (χ0n) is 14.2. The molecule has 5 nitrogen and oxygen atoms in total. The molecule has 0 atom stereocenters. The minimum Gasteiger partial charge on any atom is -0.357 e. The van der Waals surface area contributed by atoms with E-state index in [4.69, 9.17) is 0 Å². The van der Waals surface area contributed by atoms with Crippen LogP contribution in [0.5, 0.6) is 0 Å². The van der Waals surface area contributed by atoms with Crippen molar-refractivity contribution in [2.24, 2.45) is 10.9 Å². The Balaban J connectivity index is 0.00000208. The first kappa shape index (κ1) is 19.5. The van der Waals surface area contributed by atoms with E-state index in [1.54, 1.807) is 11.3 Å². The van der Waals surface area contributed by atoms with Crippen molar-refractivity contribution in [1.82, 2.24) is 15.5 Å². The summed E-state index contributed by atoms with van der Waals surface area (Å²) in [6.45, 7) is 6.07. The molecular weight excluding hydrogens is 435 g/mol. The number of fused-ring (bicyclic) bond motifs is 1. The third-order valence-corrected chi connectivity index (χ3v) is 5.36. The van der Waals surface area contributed by atoms with Gasteiger partial charge in [-0.3, -0.25) is 9.79 Å². The van der Waals surface area contributed by atoms with Crippen LogP contribution in [0.1, 0.15) is 36.6 Å². The molecule has 3 rings (SSSR count). The van der Waals surface area contributed by atoms with Gasteiger partial charge in [-0.1, -0.05) is 0 Å². The Morgan fingerprint density at radius 3 is 3.00 bits per heavy atom. The average molecular weight is 462 g/mol. The normalized spacial score (nSPS) is 17.0. The van der Waals surface area contributed by atoms with E-state index in [1.807, 2.05) is 4.90 Å². The highest BCUT2D eigenvalue weighted by molar-refractivity contribution is 14.0. The van der Waals surface area contributed by atoms with Crippen LogP contribution in [0, 0.1) is 5.92 Å². The van der Waals surface area contributed by atoms with Crippen molar-refractivity contribution in [3.8, 4) is 0 Å². The monoisotopic (exact) mass is 462 g/mol. The van der Waals surface area contributed by atoms with E-state index >= 15 is 0 Å². The minimum absolute atomic E-state index is 0. The molecular formula is C17H27IN4OS. The van der Waals surface area contributed by atoms with Gasteiger partial charge in [0, 0.05) is 44.0 Å². The van der Waals surface area contributed by atoms with Crippen LogP contribution in [-0.2, 0) is 17.8 Å². The number of hydrogen-bond acceptors (Lipinski definition) is 3. The lowest BCUT2D eigenvalue weighted by Crippen LogP contribution is -2.41. The van der Waals surface area contributed by atoms with Gasteiger partial charge in [-0.05, 0) is 49.1 Å². The molecule has 24 heavy (non-hydrogen) atoms. The molecule has 0 radical (unpaired) electrons. The van der Waals surface area contributed by atoms with Crippen molar-refractivity contribution in [3.05, 3.63) is 21.9 Å². The number of amides is 1. The Kier molecular flexibility index (Phi) is 7.80. The fraction of sp³-hybridized carbons (Fsp3) is 0.647. The Labute approximate surface area is 165 Å². The largest absolute Gasteiger partial charge is 0.357 e. The number of nitrogens with zero attached hydrogens (tertiary/aromatic N) is 2. The topological polar surface area (TPSA) is 56.7 Å². The third-order valence-electron chi connectivity index (χ3n) is 4.34. The van der Waals surface area contributed by atoms with Crippen molar-refractivity contribution >= 4 is 47.2 Å². The number of hydrogen-bond donors (Lipinski definition) is 2. The summed E-state index contributed by atoms with van der Waals surface area (Å²) in [4.78, 5) is 20.4. The lowest BCUT2D eigenvalue weighted by atomic mass is 10.1. The predicted molar refractivity (Wildman–Crippen MR) is 110 cm³/mol. The SMILES string of the molecule is CCNC(=NCC1CC1)NCCC(=O)N1CCc2sccc2C1.I. The Bertz CT molecular complexity index is 571. The van der Waals surface area contributed by atoms with Gasteiger partial charge < -0.3 is 15.5 Å². The Hall–Kier alpha value is -0.830. The second kappa shape index (κ2) is 9.60. The first-order chi connectivity index (χ1) is 11.3. The van der Waals surface area contributed by atoms with Crippen molar-refractivity contribution in [2.75, 3.05) is 26.2 Å². The maximum atomic E-state index is 12.4. The molecule has 2 aliphatic rings. The average Bonchev–Trinajstić information content (AvgIpc) is 3.27. The first-order valence-corrected chi connectivity index (χ1v) is 9.49. The van der Waals surface area contributed by atoms with Crippen LogP contribution in [0.2, 0.25) is 0 Å². The number of thiophene rings is 1. The van der Waals surface area contributed by atoms with Crippen LogP contribution < -0.4 is 10.6 Å². The van der Waals surface area contributed by atoms with E-state index in [0.29, 0.717) is 13.0 Å². The van der Waals surface area contributed by atoms with E-state index in [2.05, 4.69) is 34.0 Å². The molecule has 134 valence electrons. The lowest BCUT2D eigenvalue weighted by molar-refractivity contribution is -0.131. The smallest absolute Gasteiger partial charge is 0.224 e. The van der Waals surface area contributed by atoms with Crippen LogP contribution in [0.25, 0.3) is 0 Å². The highest BCUT2D eigenvalue weighted by atomic mass is 127. The van der Waals surface area contributed by atoms with Gasteiger partial charge in [0.1, 0.15) is 0 Å². The van der Waals surface area contributed by atoms with Crippen molar-refractivity contribution < 1.29 is 4.79 Å². The summed E-state index contributed by atoms with van der Waals surface area (Å²) in [6.07, 6.45) is 4.13. The summed E-state index contributed by atoms with van der Waals surface area (Å²) in [7, 11) is 0. The molecule has 1 fully saturated rings. The van der Waals surface area contributed by atoms with Crippen molar-refractivity contribution in [2.45, 2.75) is 39.2 Å². The summed E-state index contributed by atoms with van der Waals surface area (Å²) in [5.41, 5.74) is 1.32. The molecule has 1 amide bonds. The van der Waals surface area contributed by atoms with Crippen LogP contribution in [0.4, 0.5) is 0 Å². The summed E-state index contributed by atoms with van der Waals surface area (Å²) in [6, 6.07) is 2.14. The maximum Gasteiger partial charge on any atom is 0.224 e. The Morgan fingerprint density at radius 1 is 1.42 bits per heavy atom.